The van der Waals surface area contributed by atoms with Crippen LogP contribution in [0.2, 0.25) is 5.02 Å². The van der Waals surface area contributed by atoms with Gasteiger partial charge in [0.25, 0.3) is 0 Å². The predicted molar refractivity (Wildman–Crippen MR) is 74.7 cm³/mol. The van der Waals surface area contributed by atoms with Gasteiger partial charge in [-0.05, 0) is 29.8 Å². The number of benzene rings is 2. The fourth-order valence-corrected chi connectivity index (χ4v) is 2.56. The van der Waals surface area contributed by atoms with E-state index in [-0.39, 0.29) is 5.82 Å². The van der Waals surface area contributed by atoms with E-state index in [2.05, 4.69) is 21.4 Å². The lowest BCUT2D eigenvalue weighted by Gasteiger charge is -2.19. The first-order chi connectivity index (χ1) is 9.02. The minimum atomic E-state index is -0.604. The third-order valence-electron chi connectivity index (χ3n) is 2.71. The van der Waals surface area contributed by atoms with Crippen LogP contribution in [0.3, 0.4) is 0 Å². The number of halogens is 4. The summed E-state index contributed by atoms with van der Waals surface area (Å²) in [7, 11) is 0. The summed E-state index contributed by atoms with van der Waals surface area (Å²) in [6, 6.07) is 7.84. The maximum atomic E-state index is 13.9. The quantitative estimate of drug-likeness (QED) is 0.652. The summed E-state index contributed by atoms with van der Waals surface area (Å²) in [6.45, 7) is 0. The summed E-state index contributed by atoms with van der Waals surface area (Å²) >= 11 is 8.95. The van der Waals surface area contributed by atoms with E-state index < -0.39 is 11.9 Å². The molecule has 0 amide bonds. The number of nitrogens with one attached hydrogen (secondary N) is 1. The largest absolute Gasteiger partial charge is 0.271 e. The molecule has 100 valence electrons. The van der Waals surface area contributed by atoms with E-state index in [0.29, 0.717) is 20.6 Å². The second kappa shape index (κ2) is 5.96. The Labute approximate surface area is 122 Å². The molecule has 0 aliphatic rings. The van der Waals surface area contributed by atoms with Gasteiger partial charge in [-0.25, -0.2) is 14.2 Å². The third kappa shape index (κ3) is 3.12. The highest BCUT2D eigenvalue weighted by atomic mass is 79.9. The summed E-state index contributed by atoms with van der Waals surface area (Å²) in [4.78, 5) is 0. The van der Waals surface area contributed by atoms with Gasteiger partial charge in [-0.3, -0.25) is 5.84 Å². The Kier molecular flexibility index (Phi) is 4.52. The minimum Gasteiger partial charge on any atom is -0.271 e. The van der Waals surface area contributed by atoms with Crippen molar-refractivity contribution in [1.82, 2.24) is 5.43 Å². The van der Waals surface area contributed by atoms with Crippen molar-refractivity contribution in [3.8, 4) is 0 Å². The van der Waals surface area contributed by atoms with E-state index in [4.69, 9.17) is 17.4 Å². The van der Waals surface area contributed by atoms with Gasteiger partial charge >= 0.3 is 0 Å². The van der Waals surface area contributed by atoms with Crippen molar-refractivity contribution in [2.75, 3.05) is 0 Å². The Bertz CT molecular complexity index is 556. The molecular formula is C13H10BrClF2N2. The van der Waals surface area contributed by atoms with E-state index in [0.717, 1.165) is 0 Å². The Morgan fingerprint density at radius 1 is 1.11 bits per heavy atom. The van der Waals surface area contributed by atoms with Gasteiger partial charge < -0.3 is 0 Å². The summed E-state index contributed by atoms with van der Waals surface area (Å²) in [5.74, 6) is 4.62. The number of hydrogen-bond acceptors (Lipinski definition) is 2. The summed E-state index contributed by atoms with van der Waals surface area (Å²) < 4.78 is 27.5. The normalized spacial score (nSPS) is 12.5. The number of nitrogens with two attached hydrogens (primary N) is 1. The third-order valence-corrected chi connectivity index (χ3v) is 3.64. The van der Waals surface area contributed by atoms with Gasteiger partial charge in [0.2, 0.25) is 0 Å². The van der Waals surface area contributed by atoms with Crippen molar-refractivity contribution in [3.63, 3.8) is 0 Å². The highest BCUT2D eigenvalue weighted by molar-refractivity contribution is 9.10. The zero-order chi connectivity index (χ0) is 14.0. The Morgan fingerprint density at radius 2 is 1.79 bits per heavy atom. The van der Waals surface area contributed by atoms with E-state index >= 15 is 0 Å². The highest BCUT2D eigenvalue weighted by Gasteiger charge is 2.19. The van der Waals surface area contributed by atoms with Gasteiger partial charge in [0.15, 0.2) is 0 Å². The minimum absolute atomic E-state index is 0.301. The molecule has 0 heterocycles. The molecular weight excluding hydrogens is 338 g/mol. The average Bonchev–Trinajstić information content (AvgIpc) is 2.34. The molecule has 2 aromatic carbocycles. The molecule has 0 saturated heterocycles. The molecule has 0 fully saturated rings. The van der Waals surface area contributed by atoms with Crippen molar-refractivity contribution in [1.29, 1.82) is 0 Å². The molecule has 1 unspecified atom stereocenters. The van der Waals surface area contributed by atoms with E-state index in [1.165, 1.54) is 30.3 Å². The first-order valence-electron chi connectivity index (χ1n) is 5.39. The van der Waals surface area contributed by atoms with Crippen LogP contribution < -0.4 is 11.3 Å². The second-order valence-electron chi connectivity index (χ2n) is 3.93. The molecule has 2 nitrogen and oxygen atoms in total. The molecule has 19 heavy (non-hydrogen) atoms. The Balaban J connectivity index is 2.50. The fourth-order valence-electron chi connectivity index (χ4n) is 1.82. The molecule has 0 saturated carbocycles. The van der Waals surface area contributed by atoms with Gasteiger partial charge in [0.1, 0.15) is 11.6 Å². The second-order valence-corrected chi connectivity index (χ2v) is 5.22. The fraction of sp³-hybridized carbons (Fsp3) is 0.0769. The average molecular weight is 348 g/mol. The zero-order valence-corrected chi connectivity index (χ0v) is 12.0. The topological polar surface area (TPSA) is 38.0 Å². The van der Waals surface area contributed by atoms with Crippen molar-refractivity contribution < 1.29 is 8.78 Å². The monoisotopic (exact) mass is 346 g/mol. The molecule has 0 aromatic heterocycles. The van der Waals surface area contributed by atoms with Crippen molar-refractivity contribution >= 4 is 27.5 Å². The van der Waals surface area contributed by atoms with E-state index in [1.807, 2.05) is 0 Å². The Morgan fingerprint density at radius 3 is 2.37 bits per heavy atom. The van der Waals surface area contributed by atoms with Gasteiger partial charge in [-0.15, -0.1) is 0 Å². The van der Waals surface area contributed by atoms with Gasteiger partial charge in [0.05, 0.1) is 6.04 Å². The molecule has 2 aromatic rings. The van der Waals surface area contributed by atoms with Crippen molar-refractivity contribution in [2.24, 2.45) is 5.84 Å². The van der Waals surface area contributed by atoms with Crippen LogP contribution in [-0.4, -0.2) is 0 Å². The predicted octanol–water partition coefficient (Wildman–Crippen LogP) is 3.93. The van der Waals surface area contributed by atoms with Crippen LogP contribution in [0.4, 0.5) is 8.78 Å². The SMILES string of the molecule is NNC(c1ccc(Cl)cc1F)c1ccc(F)cc1Br. The summed E-state index contributed by atoms with van der Waals surface area (Å²) in [6.07, 6.45) is 0. The molecule has 0 radical (unpaired) electrons. The van der Waals surface area contributed by atoms with E-state index in [9.17, 15) is 8.78 Å². The maximum Gasteiger partial charge on any atom is 0.129 e. The molecule has 1 atom stereocenters. The van der Waals surface area contributed by atoms with Crippen LogP contribution in [0, 0.1) is 11.6 Å². The lowest BCUT2D eigenvalue weighted by molar-refractivity contribution is 0.557. The van der Waals surface area contributed by atoms with Gasteiger partial charge in [-0.2, -0.15) is 0 Å². The summed E-state index contributed by atoms with van der Waals surface area (Å²) in [5, 5.41) is 0.301. The lowest BCUT2D eigenvalue weighted by atomic mass is 9.99. The van der Waals surface area contributed by atoms with Crippen LogP contribution >= 0.6 is 27.5 Å². The van der Waals surface area contributed by atoms with Crippen LogP contribution in [0.25, 0.3) is 0 Å². The van der Waals surface area contributed by atoms with Crippen LogP contribution in [0.15, 0.2) is 40.9 Å². The molecule has 0 aliphatic carbocycles. The number of hydrogen-bond donors (Lipinski definition) is 2. The smallest absolute Gasteiger partial charge is 0.129 e. The molecule has 6 heteroatoms. The number of hydrazine groups is 1. The molecule has 0 spiro atoms. The summed E-state index contributed by atoms with van der Waals surface area (Å²) in [5.41, 5.74) is 3.48. The zero-order valence-electron chi connectivity index (χ0n) is 9.63. The molecule has 2 rings (SSSR count). The van der Waals surface area contributed by atoms with Crippen LogP contribution in [0.5, 0.6) is 0 Å². The Hall–Kier alpha value is -1.01. The lowest BCUT2D eigenvalue weighted by Crippen LogP contribution is -2.29. The van der Waals surface area contributed by atoms with Crippen molar-refractivity contribution in [2.45, 2.75) is 6.04 Å². The van der Waals surface area contributed by atoms with E-state index in [1.54, 1.807) is 6.07 Å². The van der Waals surface area contributed by atoms with Gasteiger partial charge in [0, 0.05) is 15.1 Å². The molecule has 0 bridgehead atoms. The standard InChI is InChI=1S/C13H10BrClF2N2/c14-11-6-8(16)2-4-9(11)13(19-18)10-3-1-7(15)5-12(10)17/h1-6,13,19H,18H2. The first kappa shape index (κ1) is 14.4. The molecule has 3 N–H and O–H groups in total. The van der Waals surface area contributed by atoms with Crippen molar-refractivity contribution in [3.05, 3.63) is 68.7 Å². The van der Waals surface area contributed by atoms with Crippen LogP contribution in [0.1, 0.15) is 17.2 Å². The van der Waals surface area contributed by atoms with Crippen LogP contribution in [-0.2, 0) is 0 Å². The molecule has 0 aliphatic heterocycles. The first-order valence-corrected chi connectivity index (χ1v) is 6.56. The van der Waals surface area contributed by atoms with Gasteiger partial charge in [-0.1, -0.05) is 39.7 Å². The highest BCUT2D eigenvalue weighted by Crippen LogP contribution is 2.31. The number of rotatable bonds is 3. The maximum absolute atomic E-state index is 13.9.